The van der Waals surface area contributed by atoms with Gasteiger partial charge in [-0.05, 0) is 44.0 Å². The lowest BCUT2D eigenvalue weighted by atomic mass is 9.86. The highest BCUT2D eigenvalue weighted by Gasteiger charge is 2.70. The van der Waals surface area contributed by atoms with Crippen LogP contribution in [-0.2, 0) is 5.54 Å². The van der Waals surface area contributed by atoms with Crippen molar-refractivity contribution < 1.29 is 27.1 Å². The number of aliphatic imine (C=N–C) groups is 1. The molecule has 168 valence electrons. The highest BCUT2D eigenvalue weighted by atomic mass is 32.3. The van der Waals surface area contributed by atoms with Crippen LogP contribution in [-0.4, -0.2) is 46.9 Å². The summed E-state index contributed by atoms with van der Waals surface area (Å²) in [6.45, 7) is -1.32. The predicted octanol–water partition coefficient (Wildman–Crippen LogP) is 3.34. The number of alkyl halides is 2. The quantitative estimate of drug-likeness (QED) is 0.556. The molecule has 2 aliphatic rings. The molecule has 1 aliphatic carbocycles. The number of halogens is 3. The molecule has 1 spiro atoms. The van der Waals surface area contributed by atoms with E-state index < -0.39 is 39.3 Å². The molecule has 1 saturated carbocycles. The summed E-state index contributed by atoms with van der Waals surface area (Å²) < 4.78 is 62.3. The maximum absolute atomic E-state index is 14.9. The zero-order valence-corrected chi connectivity index (χ0v) is 17.4. The number of benzene rings is 1. The number of guanidine groups is 1. The van der Waals surface area contributed by atoms with Crippen molar-refractivity contribution in [1.82, 2.24) is 14.1 Å². The summed E-state index contributed by atoms with van der Waals surface area (Å²) in [5, 5.41) is 5.98. The van der Waals surface area contributed by atoms with E-state index in [0.29, 0.717) is 17.5 Å². The number of rotatable bonds is 4. The van der Waals surface area contributed by atoms with Gasteiger partial charge in [0.25, 0.3) is 5.91 Å². The molecule has 31 heavy (non-hydrogen) atoms. The van der Waals surface area contributed by atoms with E-state index in [1.54, 1.807) is 6.92 Å². The Balaban J connectivity index is 1.70. The van der Waals surface area contributed by atoms with Crippen LogP contribution < -0.4 is 11.1 Å². The van der Waals surface area contributed by atoms with Crippen molar-refractivity contribution in [2.75, 3.05) is 12.4 Å². The third-order valence-electron chi connectivity index (χ3n) is 5.95. The van der Waals surface area contributed by atoms with E-state index in [4.69, 9.17) is 5.73 Å². The summed E-state index contributed by atoms with van der Waals surface area (Å²) in [5.41, 5.74) is 4.44. The van der Waals surface area contributed by atoms with Crippen LogP contribution in [0.3, 0.4) is 0 Å². The zero-order valence-electron chi connectivity index (χ0n) is 16.6. The van der Waals surface area contributed by atoms with E-state index in [9.17, 15) is 27.1 Å². The smallest absolute Gasteiger partial charge is 0.333 e. The predicted molar refractivity (Wildman–Crippen MR) is 109 cm³/mol. The van der Waals surface area contributed by atoms with E-state index >= 15 is 0 Å². The van der Waals surface area contributed by atoms with Crippen molar-refractivity contribution in [2.45, 2.75) is 36.6 Å². The van der Waals surface area contributed by atoms with Crippen LogP contribution >= 0.6 is 10.8 Å². The molecular weight excluding hydrogens is 437 g/mol. The third-order valence-corrected chi connectivity index (χ3v) is 8.75. The highest BCUT2D eigenvalue weighted by molar-refractivity contribution is 8.24. The summed E-state index contributed by atoms with van der Waals surface area (Å²) in [6, 6.07) is 4.86. The van der Waals surface area contributed by atoms with Gasteiger partial charge in [0.15, 0.2) is 5.69 Å². The van der Waals surface area contributed by atoms with E-state index in [-0.39, 0.29) is 22.9 Å². The third kappa shape index (κ3) is 3.06. The Morgan fingerprint density at radius 3 is 2.58 bits per heavy atom. The van der Waals surface area contributed by atoms with Gasteiger partial charge in [0.05, 0.1) is 0 Å². The maximum Gasteiger partial charge on any atom is 0.333 e. The molecule has 2 heterocycles. The Bertz CT molecular complexity index is 1090. The fourth-order valence-corrected chi connectivity index (χ4v) is 6.14. The minimum atomic E-state index is -3.39. The molecule has 9 nitrogen and oxygen atoms in total. The number of carbonyl (C=O) groups is 1. The van der Waals surface area contributed by atoms with Crippen LogP contribution in [0.1, 0.15) is 42.4 Å². The molecule has 13 heteroatoms. The fraction of sp³-hybridized carbons (Fsp3) is 0.389. The highest BCUT2D eigenvalue weighted by Crippen LogP contribution is 2.76. The molecule has 1 atom stereocenters. The lowest BCUT2D eigenvalue weighted by Crippen LogP contribution is -2.55. The minimum absolute atomic E-state index is 0.0249. The number of nitrogens with two attached hydrogens (primary N) is 1. The Hall–Kier alpha value is -2.77. The number of hydrogen-bond donors (Lipinski definition) is 4. The van der Waals surface area contributed by atoms with Gasteiger partial charge in [0, 0.05) is 24.5 Å². The number of nitrogens with zero attached hydrogens (tertiary/aromatic N) is 4. The lowest BCUT2D eigenvalue weighted by Gasteiger charge is -2.56. The van der Waals surface area contributed by atoms with E-state index in [1.165, 1.54) is 19.2 Å². The largest absolute Gasteiger partial charge is 0.369 e. The molecular formula is C18H21F3N6O3S. The molecule has 5 N–H and O–H groups in total. The number of carbonyl (C=O) groups excluding carboxylic acids is 1. The van der Waals surface area contributed by atoms with Gasteiger partial charge in [0.1, 0.15) is 16.1 Å². The van der Waals surface area contributed by atoms with Gasteiger partial charge in [-0.2, -0.15) is 13.9 Å². The lowest BCUT2D eigenvalue weighted by molar-refractivity contribution is 0.0561. The average molecular weight is 458 g/mol. The molecule has 4 rings (SSSR count). The standard InChI is InChI=1S/C18H21F3N6O3S/c1-17(18(6-7-18)31(29,30)26(2)16(22)24-17)11-9-10(3-4-12(11)19)23-14(28)13-5-8-27(25-13)15(20)21/h3-5,8-9,15,29-30H,6-7H2,1-2H3,(H2,22,24)(H,23,28)/t17-/m1/s1. The van der Waals surface area contributed by atoms with Crippen molar-refractivity contribution in [1.29, 1.82) is 0 Å². The summed E-state index contributed by atoms with van der Waals surface area (Å²) in [5.74, 6) is -1.57. The summed E-state index contributed by atoms with van der Waals surface area (Å²) >= 11 is 0. The molecule has 1 aliphatic heterocycles. The number of hydrogen-bond acceptors (Lipinski definition) is 7. The summed E-state index contributed by atoms with van der Waals surface area (Å²) in [6.07, 6.45) is 1.76. The number of anilines is 1. The Morgan fingerprint density at radius 1 is 1.32 bits per heavy atom. The second kappa shape index (κ2) is 6.87. The van der Waals surface area contributed by atoms with Crippen LogP contribution in [0.15, 0.2) is 35.5 Å². The van der Waals surface area contributed by atoms with Gasteiger partial charge in [-0.25, -0.2) is 18.4 Å². The van der Waals surface area contributed by atoms with Crippen molar-refractivity contribution >= 4 is 28.3 Å². The first-order chi connectivity index (χ1) is 14.4. The monoisotopic (exact) mass is 458 g/mol. The van der Waals surface area contributed by atoms with Crippen molar-refractivity contribution in [2.24, 2.45) is 10.7 Å². The molecule has 0 saturated heterocycles. The van der Waals surface area contributed by atoms with Gasteiger partial charge < -0.3 is 11.1 Å². The average Bonchev–Trinajstić information content (AvgIpc) is 3.38. The normalized spacial score (nSPS) is 24.8. The topological polar surface area (TPSA) is 129 Å². The second-order valence-electron chi connectivity index (χ2n) is 7.66. The number of aromatic nitrogens is 2. The molecule has 0 bridgehead atoms. The molecule has 1 aromatic carbocycles. The van der Waals surface area contributed by atoms with Crippen LogP contribution in [0.25, 0.3) is 0 Å². The SMILES string of the molecule is CN1C(N)=N[C@](C)(c2cc(NC(=O)c3ccn(C(F)F)n3)ccc2F)C2(CC2)S1(O)O. The van der Waals surface area contributed by atoms with Crippen LogP contribution in [0.4, 0.5) is 18.9 Å². The minimum Gasteiger partial charge on any atom is -0.369 e. The molecule has 1 amide bonds. The van der Waals surface area contributed by atoms with Gasteiger partial charge in [-0.15, -0.1) is 10.8 Å². The Morgan fingerprint density at radius 2 is 2.00 bits per heavy atom. The van der Waals surface area contributed by atoms with Gasteiger partial charge >= 0.3 is 6.55 Å². The first-order valence-electron chi connectivity index (χ1n) is 9.25. The van der Waals surface area contributed by atoms with E-state index in [1.807, 2.05) is 0 Å². The fourth-order valence-electron chi connectivity index (χ4n) is 3.98. The van der Waals surface area contributed by atoms with Crippen molar-refractivity contribution in [3.05, 3.63) is 47.5 Å². The van der Waals surface area contributed by atoms with Gasteiger partial charge in [0.2, 0.25) is 5.96 Å². The van der Waals surface area contributed by atoms with Crippen LogP contribution in [0.2, 0.25) is 0 Å². The Labute approximate surface area is 177 Å². The van der Waals surface area contributed by atoms with Crippen LogP contribution in [0, 0.1) is 5.82 Å². The van der Waals surface area contributed by atoms with E-state index in [0.717, 1.165) is 22.6 Å². The second-order valence-corrected chi connectivity index (χ2v) is 10.0. The maximum atomic E-state index is 14.9. The zero-order chi connectivity index (χ0) is 22.8. The number of nitrogens with one attached hydrogen (secondary N) is 1. The Kier molecular flexibility index (Phi) is 4.75. The van der Waals surface area contributed by atoms with E-state index in [2.05, 4.69) is 15.4 Å². The summed E-state index contributed by atoms with van der Waals surface area (Å²) in [4.78, 5) is 16.8. The first-order valence-corrected chi connectivity index (χ1v) is 10.7. The summed E-state index contributed by atoms with van der Waals surface area (Å²) in [7, 11) is -1.98. The first kappa shape index (κ1) is 21.5. The van der Waals surface area contributed by atoms with Gasteiger partial charge in [-0.3, -0.25) is 13.9 Å². The molecule has 1 aromatic heterocycles. The molecule has 0 radical (unpaired) electrons. The van der Waals surface area contributed by atoms with Crippen molar-refractivity contribution in [3.63, 3.8) is 0 Å². The number of amides is 1. The molecule has 2 aromatic rings. The van der Waals surface area contributed by atoms with Crippen LogP contribution in [0.5, 0.6) is 0 Å². The van der Waals surface area contributed by atoms with Crippen molar-refractivity contribution in [3.8, 4) is 0 Å². The van der Waals surface area contributed by atoms with Gasteiger partial charge in [-0.1, -0.05) is 0 Å². The molecule has 0 unspecified atom stereocenters. The molecule has 1 fully saturated rings.